The van der Waals surface area contributed by atoms with Crippen LogP contribution in [-0.4, -0.2) is 14.8 Å². The summed E-state index contributed by atoms with van der Waals surface area (Å²) in [5, 5.41) is 18.9. The van der Waals surface area contributed by atoms with Gasteiger partial charge in [0, 0.05) is 18.7 Å². The van der Waals surface area contributed by atoms with E-state index in [4.69, 9.17) is 0 Å². The molecule has 1 aromatic heterocycles. The molecule has 0 saturated carbocycles. The van der Waals surface area contributed by atoms with Crippen LogP contribution >= 0.6 is 0 Å². The summed E-state index contributed by atoms with van der Waals surface area (Å²) in [6.07, 6.45) is 11.6. The molecule has 1 aromatic rings. The molecule has 0 saturated heterocycles. The first kappa shape index (κ1) is 14.7. The van der Waals surface area contributed by atoms with Gasteiger partial charge >= 0.3 is 0 Å². The summed E-state index contributed by atoms with van der Waals surface area (Å²) in [5.41, 5.74) is 0. The first-order valence-corrected chi connectivity index (χ1v) is 6.94. The summed E-state index contributed by atoms with van der Waals surface area (Å²) in [7, 11) is 0. The van der Waals surface area contributed by atoms with E-state index in [1.54, 1.807) is 4.57 Å². The van der Waals surface area contributed by atoms with E-state index >= 15 is 0 Å². The van der Waals surface area contributed by atoms with Gasteiger partial charge in [0.1, 0.15) is 0 Å². The van der Waals surface area contributed by atoms with Gasteiger partial charge in [0.2, 0.25) is 0 Å². The molecule has 0 amide bonds. The van der Waals surface area contributed by atoms with Crippen molar-refractivity contribution in [3.63, 3.8) is 0 Å². The molecule has 0 aromatic carbocycles. The van der Waals surface area contributed by atoms with Crippen molar-refractivity contribution in [1.82, 2.24) is 4.57 Å². The van der Waals surface area contributed by atoms with Gasteiger partial charge in [-0.05, 0) is 19.3 Å². The Labute approximate surface area is 110 Å². The predicted molar refractivity (Wildman–Crippen MR) is 74.9 cm³/mol. The number of aromatic nitrogens is 1. The van der Waals surface area contributed by atoms with E-state index in [1.165, 1.54) is 44.2 Å². The predicted octanol–water partition coefficient (Wildman–Crippen LogP) is 4.21. The van der Waals surface area contributed by atoms with Crippen LogP contribution in [-0.2, 0) is 6.54 Å². The smallest absolute Gasteiger partial charge is 0.193 e. The second-order valence-electron chi connectivity index (χ2n) is 4.75. The fourth-order valence-electron chi connectivity index (χ4n) is 2.12. The largest absolute Gasteiger partial charge is 0.494 e. The molecular weight excluding hydrogens is 226 g/mol. The van der Waals surface area contributed by atoms with Crippen LogP contribution in [0.5, 0.6) is 11.8 Å². The van der Waals surface area contributed by atoms with Crippen LogP contribution in [0.1, 0.15) is 51.4 Å². The fourth-order valence-corrected chi connectivity index (χ4v) is 2.12. The fraction of sp³-hybridized carbons (Fsp3) is 0.600. The lowest BCUT2D eigenvalue weighted by Gasteiger charge is -2.06. The van der Waals surface area contributed by atoms with E-state index in [0.717, 1.165) is 19.3 Å². The Morgan fingerprint density at radius 1 is 0.889 bits per heavy atom. The summed E-state index contributed by atoms with van der Waals surface area (Å²) in [5.74, 6) is 0.300. The van der Waals surface area contributed by atoms with Gasteiger partial charge in [0.15, 0.2) is 11.8 Å². The molecule has 0 fully saturated rings. The van der Waals surface area contributed by atoms with Crippen LogP contribution < -0.4 is 0 Å². The number of rotatable bonds is 10. The Hall–Kier alpha value is -1.38. The highest BCUT2D eigenvalue weighted by atomic mass is 16.3. The molecule has 18 heavy (non-hydrogen) atoms. The monoisotopic (exact) mass is 251 g/mol. The van der Waals surface area contributed by atoms with Crippen molar-refractivity contribution in [1.29, 1.82) is 0 Å². The van der Waals surface area contributed by atoms with Gasteiger partial charge in [-0.1, -0.05) is 38.2 Å². The van der Waals surface area contributed by atoms with Crippen LogP contribution in [0.3, 0.4) is 0 Å². The van der Waals surface area contributed by atoms with Crippen molar-refractivity contribution in [3.8, 4) is 11.8 Å². The number of unbranched alkanes of at least 4 members (excludes halogenated alkanes) is 7. The average molecular weight is 251 g/mol. The number of hydrogen-bond acceptors (Lipinski definition) is 2. The van der Waals surface area contributed by atoms with Gasteiger partial charge in [-0.2, -0.15) is 0 Å². The molecule has 0 bridgehead atoms. The quantitative estimate of drug-likeness (QED) is 0.483. The highest BCUT2D eigenvalue weighted by Crippen LogP contribution is 2.21. The number of hydrogen-bond donors (Lipinski definition) is 2. The van der Waals surface area contributed by atoms with Gasteiger partial charge in [0.05, 0.1) is 0 Å². The molecule has 2 N–H and O–H groups in total. The van der Waals surface area contributed by atoms with Crippen molar-refractivity contribution in [3.05, 3.63) is 24.8 Å². The second-order valence-corrected chi connectivity index (χ2v) is 4.75. The van der Waals surface area contributed by atoms with Gasteiger partial charge < -0.3 is 10.2 Å². The first-order chi connectivity index (χ1) is 8.75. The zero-order valence-corrected chi connectivity index (χ0v) is 11.1. The highest BCUT2D eigenvalue weighted by molar-refractivity contribution is 5.23. The standard InChI is InChI=1S/C15H25NO2/c1-2-3-4-5-6-7-8-9-10-13-16-14(17)11-12-15(16)18/h2,11-12,17-18H,1,3-10,13H2. The van der Waals surface area contributed by atoms with Crippen LogP contribution in [0.25, 0.3) is 0 Å². The van der Waals surface area contributed by atoms with E-state index < -0.39 is 0 Å². The molecule has 0 aliphatic carbocycles. The van der Waals surface area contributed by atoms with Gasteiger partial charge in [-0.3, -0.25) is 4.57 Å². The molecule has 0 spiro atoms. The molecule has 3 heteroatoms. The second kappa shape index (κ2) is 8.67. The maximum Gasteiger partial charge on any atom is 0.193 e. The van der Waals surface area contributed by atoms with Crippen molar-refractivity contribution >= 4 is 0 Å². The first-order valence-electron chi connectivity index (χ1n) is 6.94. The van der Waals surface area contributed by atoms with E-state index in [1.807, 2.05) is 6.08 Å². The van der Waals surface area contributed by atoms with Crippen molar-refractivity contribution in [2.24, 2.45) is 0 Å². The summed E-state index contributed by atoms with van der Waals surface area (Å²) < 4.78 is 1.55. The van der Waals surface area contributed by atoms with Gasteiger partial charge in [-0.25, -0.2) is 0 Å². The molecule has 0 aliphatic rings. The average Bonchev–Trinajstić information content (AvgIpc) is 2.68. The molecule has 0 aliphatic heterocycles. The van der Waals surface area contributed by atoms with E-state index in [-0.39, 0.29) is 11.8 Å². The number of aromatic hydroxyl groups is 2. The third-order valence-electron chi connectivity index (χ3n) is 3.22. The Bertz CT molecular complexity index is 325. The summed E-state index contributed by atoms with van der Waals surface area (Å²) in [6.45, 7) is 4.41. The minimum Gasteiger partial charge on any atom is -0.494 e. The maximum absolute atomic E-state index is 9.45. The highest BCUT2D eigenvalue weighted by Gasteiger charge is 2.04. The Morgan fingerprint density at radius 3 is 1.94 bits per heavy atom. The summed E-state index contributed by atoms with van der Waals surface area (Å²) in [6, 6.07) is 3.05. The van der Waals surface area contributed by atoms with Crippen LogP contribution in [0.15, 0.2) is 24.8 Å². The zero-order valence-electron chi connectivity index (χ0n) is 11.1. The van der Waals surface area contributed by atoms with E-state index in [2.05, 4.69) is 6.58 Å². The molecule has 0 unspecified atom stereocenters. The van der Waals surface area contributed by atoms with Gasteiger partial charge in [0.25, 0.3) is 0 Å². The number of allylic oxidation sites excluding steroid dienone is 1. The van der Waals surface area contributed by atoms with Crippen molar-refractivity contribution in [2.75, 3.05) is 0 Å². The normalized spacial score (nSPS) is 10.7. The molecule has 1 heterocycles. The molecule has 3 nitrogen and oxygen atoms in total. The minimum atomic E-state index is 0.150. The Morgan fingerprint density at radius 2 is 1.39 bits per heavy atom. The topological polar surface area (TPSA) is 45.4 Å². The third kappa shape index (κ3) is 5.30. The Balaban J connectivity index is 1.97. The lowest BCUT2D eigenvalue weighted by atomic mass is 10.1. The maximum atomic E-state index is 9.45. The molecule has 102 valence electrons. The molecule has 0 radical (unpaired) electrons. The molecular formula is C15H25NO2. The van der Waals surface area contributed by atoms with Crippen molar-refractivity contribution < 1.29 is 10.2 Å². The number of nitrogens with zero attached hydrogens (tertiary/aromatic N) is 1. The Kier molecular flexibility index (Phi) is 7.07. The zero-order chi connectivity index (χ0) is 13.2. The SMILES string of the molecule is C=CCCCCCCCCCn1c(O)ccc1O. The van der Waals surface area contributed by atoms with Crippen LogP contribution in [0, 0.1) is 0 Å². The van der Waals surface area contributed by atoms with Crippen LogP contribution in [0.2, 0.25) is 0 Å². The van der Waals surface area contributed by atoms with E-state index in [0.29, 0.717) is 6.54 Å². The molecule has 0 atom stereocenters. The summed E-state index contributed by atoms with van der Waals surface area (Å²) >= 11 is 0. The molecule has 1 rings (SSSR count). The summed E-state index contributed by atoms with van der Waals surface area (Å²) in [4.78, 5) is 0. The lowest BCUT2D eigenvalue weighted by molar-refractivity contribution is 0.361. The van der Waals surface area contributed by atoms with Gasteiger partial charge in [-0.15, -0.1) is 6.58 Å². The minimum absolute atomic E-state index is 0.150. The van der Waals surface area contributed by atoms with Crippen molar-refractivity contribution in [2.45, 2.75) is 57.9 Å². The van der Waals surface area contributed by atoms with Crippen LogP contribution in [0.4, 0.5) is 0 Å². The lowest BCUT2D eigenvalue weighted by Crippen LogP contribution is -1.96. The third-order valence-corrected chi connectivity index (χ3v) is 3.22. The van der Waals surface area contributed by atoms with E-state index in [9.17, 15) is 10.2 Å².